The van der Waals surface area contributed by atoms with Gasteiger partial charge in [-0.25, -0.2) is 0 Å². The number of Topliss-reactive ketones (excluding diaryl/α,β-unsaturated/α-hetero) is 1. The van der Waals surface area contributed by atoms with Gasteiger partial charge >= 0.3 is 0 Å². The van der Waals surface area contributed by atoms with Crippen molar-refractivity contribution in [3.8, 4) is 0 Å². The second-order valence-electron chi connectivity index (χ2n) is 22.2. The summed E-state index contributed by atoms with van der Waals surface area (Å²) in [6, 6.07) is 0. The lowest BCUT2D eigenvalue weighted by Gasteiger charge is -2.33. The number of carbonyl (C=O) groups excluding carboxylic acids is 3. The summed E-state index contributed by atoms with van der Waals surface area (Å²) in [5, 5.41) is 224. The largest absolute Gasteiger partial charge is 0.394 e. The van der Waals surface area contributed by atoms with E-state index in [0.717, 1.165) is 0 Å². The first-order valence-corrected chi connectivity index (χ1v) is 30.4. The zero-order valence-electron chi connectivity index (χ0n) is 53.0. The molecule has 0 bridgehead atoms. The highest BCUT2D eigenvalue weighted by Crippen LogP contribution is 2.11. The maximum Gasteiger partial charge on any atom is 0.220 e. The van der Waals surface area contributed by atoms with Crippen LogP contribution >= 0.6 is 0 Å². The molecule has 39 nitrogen and oxygen atoms in total. The molecule has 94 heavy (non-hydrogen) atoms. The summed E-state index contributed by atoms with van der Waals surface area (Å²) < 4.78 is 57.4. The summed E-state index contributed by atoms with van der Waals surface area (Å²) in [7, 11) is 0. The molecule has 0 aliphatic rings. The van der Waals surface area contributed by atoms with Gasteiger partial charge in [-0.2, -0.15) is 0 Å². The third-order valence-corrected chi connectivity index (χ3v) is 12.7. The van der Waals surface area contributed by atoms with Crippen LogP contribution in [0.3, 0.4) is 0 Å². The van der Waals surface area contributed by atoms with Gasteiger partial charge in [0.25, 0.3) is 0 Å². The first-order chi connectivity index (χ1) is 44.5. The Hall–Kier alpha value is -2.75. The summed E-state index contributed by atoms with van der Waals surface area (Å²) >= 11 is 0. The zero-order chi connectivity index (χ0) is 71.0. The normalized spacial score (nSPS) is 18.7. The van der Waals surface area contributed by atoms with Crippen molar-refractivity contribution in [2.75, 3.05) is 191 Å². The topological polar surface area (TPSA) is 625 Å². The maximum absolute atomic E-state index is 12.5. The van der Waals surface area contributed by atoms with Gasteiger partial charge in [-0.15, -0.1) is 0 Å². The van der Waals surface area contributed by atoms with Crippen LogP contribution in [-0.2, 0) is 66.5 Å². The quantitative estimate of drug-likeness (QED) is 0.0269. The number of nitrogens with one attached hydrogen (secondary N) is 2. The van der Waals surface area contributed by atoms with Crippen molar-refractivity contribution in [3.63, 3.8) is 0 Å². The van der Waals surface area contributed by atoms with Crippen LogP contribution in [-0.4, -0.2) is 448 Å². The molecule has 0 aromatic rings. The molecule has 0 fully saturated rings. The van der Waals surface area contributed by atoms with Crippen LogP contribution in [0.5, 0.6) is 0 Å². The van der Waals surface area contributed by atoms with E-state index in [9.17, 15) is 117 Å². The van der Waals surface area contributed by atoms with Crippen LogP contribution < -0.4 is 10.6 Å². The third kappa shape index (κ3) is 48.9. The molecule has 0 heterocycles. The Morgan fingerprint density at radius 1 is 0.309 bits per heavy atom. The van der Waals surface area contributed by atoms with E-state index in [1.54, 1.807) is 0 Å². The number of nitrogens with zero attached hydrogens (tertiary/aromatic N) is 1. The molecule has 0 spiro atoms. The molecule has 0 saturated heterocycles. The van der Waals surface area contributed by atoms with Gasteiger partial charge in [-0.1, -0.05) is 0 Å². The molecule has 24 N–H and O–H groups in total. The van der Waals surface area contributed by atoms with Gasteiger partial charge in [0, 0.05) is 45.6 Å². The molecular formula is C55H109N3O36. The average Bonchev–Trinajstić information content (AvgIpc) is 0.986. The molecule has 0 saturated carbocycles. The van der Waals surface area contributed by atoms with Crippen molar-refractivity contribution >= 4 is 17.6 Å². The predicted molar refractivity (Wildman–Crippen MR) is 316 cm³/mol. The van der Waals surface area contributed by atoms with Crippen LogP contribution in [0, 0.1) is 0 Å². The van der Waals surface area contributed by atoms with Gasteiger partial charge in [-0.3, -0.25) is 19.3 Å². The Kier molecular flexibility index (Phi) is 54.4. The van der Waals surface area contributed by atoms with E-state index in [1.807, 2.05) is 0 Å². The minimum absolute atomic E-state index is 0.188. The molecule has 0 radical (unpaired) electrons. The first-order valence-electron chi connectivity index (χ1n) is 30.4. The van der Waals surface area contributed by atoms with Crippen LogP contribution in [0.15, 0.2) is 0 Å². The summed E-state index contributed by atoms with van der Waals surface area (Å²) in [4.78, 5) is 36.9. The Labute approximate surface area is 544 Å². The number of aliphatic hydroxyl groups excluding tert-OH is 22. The molecule has 39 heteroatoms. The minimum atomic E-state index is -2.01. The van der Waals surface area contributed by atoms with Crippen molar-refractivity contribution < 1.29 is 179 Å². The van der Waals surface area contributed by atoms with E-state index < -0.39 is 166 Å². The molecule has 560 valence electrons. The third-order valence-electron chi connectivity index (χ3n) is 12.7. The standard InChI is InChI=1S/C55H109N3O36/c1-33(61)49(77)32-94-31-44(72)30-93-29-43(71)28-92-27-42(70)26-91-25-41(69)24-90-23-40(68)22-89-21-39(67)20-88-19-38(66)18-87-17-37(65)16-86-15-36(64)14-85-13-35(63)12-84-11-34(62)6-57-51(79)3-2-50(78)56-4-5-58(7-45(73)52(80)54(82)47(75)9-59)8-46(74)53(81)55(83)48(76)10-60/h34-49,52-55,59-60,62-77,80-83H,2-32H2,1H3,(H,56,78)(H,57,79)/t34?,35?,36?,37?,38?,39?,40?,41?,42?,43?,44?,45-,46-,47+,48+,49?,52+,53+,54+,55+/m0/s1. The van der Waals surface area contributed by atoms with Gasteiger partial charge < -0.3 is 175 Å². The molecule has 2 amide bonds. The van der Waals surface area contributed by atoms with E-state index in [0.29, 0.717) is 0 Å². The van der Waals surface area contributed by atoms with Crippen molar-refractivity contribution in [2.24, 2.45) is 0 Å². The number of ether oxygens (including phenoxy) is 11. The lowest BCUT2D eigenvalue weighted by Crippen LogP contribution is -2.54. The first kappa shape index (κ1) is 91.2. The highest BCUT2D eigenvalue weighted by Gasteiger charge is 2.35. The number of rotatable bonds is 65. The molecule has 0 rings (SSSR count). The SMILES string of the molecule is CC(=O)C(O)COCC(O)COCC(O)COCC(O)COCC(O)COCC(O)COCC(O)COCC(O)COCC(O)COCC(O)COCC(O)COCC(O)CNC(=O)CCC(=O)NCCN(C[C@H](O)[C@@H](O)[C@H](O)[C@H](O)CO)C[C@H](O)[C@@H](O)[C@H](O)[C@H](O)CO. The Bertz CT molecular complexity index is 1810. The summed E-state index contributed by atoms with van der Waals surface area (Å²) in [5.41, 5.74) is 0. The fraction of sp³-hybridized carbons (Fsp3) is 0.945. The fourth-order valence-electron chi connectivity index (χ4n) is 7.49. The number of hydrogen-bond acceptors (Lipinski definition) is 37. The van der Waals surface area contributed by atoms with E-state index in [1.165, 1.54) is 11.8 Å². The van der Waals surface area contributed by atoms with Crippen LogP contribution in [0.2, 0.25) is 0 Å². The van der Waals surface area contributed by atoms with Crippen LogP contribution in [0.25, 0.3) is 0 Å². The van der Waals surface area contributed by atoms with Gasteiger partial charge in [0.15, 0.2) is 5.78 Å². The summed E-state index contributed by atoms with van der Waals surface area (Å²) in [5.74, 6) is -1.74. The Morgan fingerprint density at radius 3 is 0.755 bits per heavy atom. The molecule has 0 aromatic heterocycles. The predicted octanol–water partition coefficient (Wildman–Crippen LogP) is -14.7. The highest BCUT2D eigenvalue weighted by molar-refractivity contribution is 5.83. The second kappa shape index (κ2) is 56.1. The monoisotopic (exact) mass is 1390 g/mol. The smallest absolute Gasteiger partial charge is 0.220 e. The Balaban J connectivity index is 4.11. The Morgan fingerprint density at radius 2 is 0.521 bits per heavy atom. The van der Waals surface area contributed by atoms with Crippen molar-refractivity contribution in [2.45, 2.75) is 142 Å². The zero-order valence-corrected chi connectivity index (χ0v) is 53.0. The van der Waals surface area contributed by atoms with Gasteiger partial charge in [-0.05, 0) is 6.92 Å². The average molecular weight is 1390 g/mol. The minimum Gasteiger partial charge on any atom is -0.394 e. The van der Waals surface area contributed by atoms with Crippen molar-refractivity contribution in [1.82, 2.24) is 15.5 Å². The molecule has 0 aliphatic carbocycles. The van der Waals surface area contributed by atoms with Crippen LogP contribution in [0.1, 0.15) is 19.8 Å². The number of amides is 2. The van der Waals surface area contributed by atoms with Crippen molar-refractivity contribution in [3.05, 3.63) is 0 Å². The van der Waals surface area contributed by atoms with E-state index in [4.69, 9.17) is 62.3 Å². The lowest BCUT2D eigenvalue weighted by molar-refractivity contribution is -0.130. The molecule has 0 aliphatic heterocycles. The van der Waals surface area contributed by atoms with E-state index in [-0.39, 0.29) is 178 Å². The van der Waals surface area contributed by atoms with E-state index >= 15 is 0 Å². The number of ketones is 1. The molecule has 20 atom stereocenters. The molecule has 12 unspecified atom stereocenters. The number of hydrogen-bond donors (Lipinski definition) is 24. The van der Waals surface area contributed by atoms with Gasteiger partial charge in [0.05, 0.1) is 177 Å². The van der Waals surface area contributed by atoms with Crippen molar-refractivity contribution in [1.29, 1.82) is 0 Å². The number of carbonyl (C=O) groups is 3. The van der Waals surface area contributed by atoms with E-state index in [2.05, 4.69) is 10.6 Å². The number of aliphatic hydroxyl groups is 22. The van der Waals surface area contributed by atoms with Crippen LogP contribution in [0.4, 0.5) is 0 Å². The summed E-state index contributed by atoms with van der Waals surface area (Å²) in [6.45, 7) is -7.87. The second-order valence-corrected chi connectivity index (χ2v) is 22.2. The highest BCUT2D eigenvalue weighted by atomic mass is 16.6. The fourth-order valence-corrected chi connectivity index (χ4v) is 7.49. The lowest BCUT2D eigenvalue weighted by atomic mass is 10.0. The van der Waals surface area contributed by atoms with Gasteiger partial charge in [0.1, 0.15) is 104 Å². The molecule has 0 aromatic carbocycles. The summed E-state index contributed by atoms with van der Waals surface area (Å²) in [6.07, 6.45) is -29.7. The molecular weight excluding hydrogens is 1280 g/mol. The van der Waals surface area contributed by atoms with Gasteiger partial charge in [0.2, 0.25) is 11.8 Å². The maximum atomic E-state index is 12.5.